The van der Waals surface area contributed by atoms with Gasteiger partial charge >= 0.3 is 0 Å². The molecular weight excluding hydrogens is 256 g/mol. The molecule has 0 fully saturated rings. The van der Waals surface area contributed by atoms with E-state index in [1.165, 1.54) is 0 Å². The molecule has 3 rings (SSSR count). The average molecular weight is 274 g/mol. The van der Waals surface area contributed by atoms with Crippen LogP contribution in [-0.4, -0.2) is 24.4 Å². The Balaban J connectivity index is 1.79. The van der Waals surface area contributed by atoms with Crippen LogP contribution in [0.3, 0.4) is 0 Å². The Morgan fingerprint density at radius 3 is 2.75 bits per heavy atom. The zero-order valence-corrected chi connectivity index (χ0v) is 11.7. The minimum absolute atomic E-state index is 0.421. The third-order valence-electron chi connectivity index (χ3n) is 3.08. The van der Waals surface area contributed by atoms with E-state index >= 15 is 0 Å². The fourth-order valence-corrected chi connectivity index (χ4v) is 2.04. The molecular formula is C15H18N2O3. The number of nitrogens with zero attached hydrogens (tertiary/aromatic N) is 1. The van der Waals surface area contributed by atoms with E-state index in [2.05, 4.69) is 24.3 Å². The Bertz CT molecular complexity index is 593. The maximum absolute atomic E-state index is 5.57. The van der Waals surface area contributed by atoms with Gasteiger partial charge in [0.25, 0.3) is 0 Å². The van der Waals surface area contributed by atoms with Crippen LogP contribution in [0, 0.1) is 0 Å². The molecule has 0 spiro atoms. The zero-order chi connectivity index (χ0) is 13.9. The van der Waals surface area contributed by atoms with E-state index in [1.807, 2.05) is 24.3 Å². The SMILES string of the molecule is CC(C)NCc1cc(-c2ccc3c(c2)OCCO3)on1. The lowest BCUT2D eigenvalue weighted by molar-refractivity contribution is 0.171. The van der Waals surface area contributed by atoms with E-state index in [0.717, 1.165) is 28.5 Å². The molecule has 0 aliphatic carbocycles. The van der Waals surface area contributed by atoms with Gasteiger partial charge in [-0.15, -0.1) is 0 Å². The molecule has 20 heavy (non-hydrogen) atoms. The van der Waals surface area contributed by atoms with Crippen LogP contribution in [-0.2, 0) is 6.54 Å². The van der Waals surface area contributed by atoms with E-state index in [-0.39, 0.29) is 0 Å². The quantitative estimate of drug-likeness (QED) is 0.928. The molecule has 0 bridgehead atoms. The Hall–Kier alpha value is -2.01. The van der Waals surface area contributed by atoms with Gasteiger partial charge in [-0.3, -0.25) is 0 Å². The number of aromatic nitrogens is 1. The van der Waals surface area contributed by atoms with Crippen molar-refractivity contribution in [3.63, 3.8) is 0 Å². The molecule has 0 amide bonds. The molecule has 1 aromatic carbocycles. The predicted molar refractivity (Wildman–Crippen MR) is 74.9 cm³/mol. The van der Waals surface area contributed by atoms with E-state index in [0.29, 0.717) is 25.8 Å². The van der Waals surface area contributed by atoms with Crippen LogP contribution < -0.4 is 14.8 Å². The lowest BCUT2D eigenvalue weighted by Gasteiger charge is -2.18. The Morgan fingerprint density at radius 2 is 1.95 bits per heavy atom. The lowest BCUT2D eigenvalue weighted by atomic mass is 10.1. The summed E-state index contributed by atoms with van der Waals surface area (Å²) in [5, 5.41) is 7.38. The summed E-state index contributed by atoms with van der Waals surface area (Å²) in [6.07, 6.45) is 0. The van der Waals surface area contributed by atoms with Gasteiger partial charge in [-0.05, 0) is 18.2 Å². The average Bonchev–Trinajstić information content (AvgIpc) is 2.93. The summed E-state index contributed by atoms with van der Waals surface area (Å²) in [7, 11) is 0. The first kappa shape index (κ1) is 13.0. The van der Waals surface area contributed by atoms with Crippen molar-refractivity contribution in [2.45, 2.75) is 26.4 Å². The highest BCUT2D eigenvalue weighted by Crippen LogP contribution is 2.34. The molecule has 0 saturated heterocycles. The van der Waals surface area contributed by atoms with Crippen LogP contribution in [0.15, 0.2) is 28.8 Å². The first-order valence-corrected chi connectivity index (χ1v) is 6.81. The number of hydrogen-bond donors (Lipinski definition) is 1. The summed E-state index contributed by atoms with van der Waals surface area (Å²) in [6, 6.07) is 8.14. The summed E-state index contributed by atoms with van der Waals surface area (Å²) in [5.74, 6) is 2.27. The molecule has 0 saturated carbocycles. The van der Waals surface area contributed by atoms with Gasteiger partial charge in [-0.1, -0.05) is 19.0 Å². The van der Waals surface area contributed by atoms with Gasteiger partial charge in [0.05, 0.1) is 5.69 Å². The summed E-state index contributed by atoms with van der Waals surface area (Å²) in [4.78, 5) is 0. The van der Waals surface area contributed by atoms with Crippen molar-refractivity contribution < 1.29 is 14.0 Å². The Labute approximate surface area is 117 Å². The van der Waals surface area contributed by atoms with Crippen molar-refractivity contribution in [1.29, 1.82) is 0 Å². The number of fused-ring (bicyclic) bond motifs is 1. The van der Waals surface area contributed by atoms with Crippen molar-refractivity contribution in [2.75, 3.05) is 13.2 Å². The van der Waals surface area contributed by atoms with Crippen molar-refractivity contribution in [1.82, 2.24) is 10.5 Å². The summed E-state index contributed by atoms with van der Waals surface area (Å²) < 4.78 is 16.5. The molecule has 1 aliphatic rings. The molecule has 0 radical (unpaired) electrons. The van der Waals surface area contributed by atoms with Crippen molar-refractivity contribution in [2.24, 2.45) is 0 Å². The van der Waals surface area contributed by atoms with Crippen molar-refractivity contribution >= 4 is 0 Å². The minimum atomic E-state index is 0.421. The number of benzene rings is 1. The van der Waals surface area contributed by atoms with Gasteiger partial charge in [-0.25, -0.2) is 0 Å². The third-order valence-corrected chi connectivity index (χ3v) is 3.08. The van der Waals surface area contributed by atoms with Gasteiger partial charge in [0.1, 0.15) is 13.2 Å². The number of nitrogens with one attached hydrogen (secondary N) is 1. The second-order valence-electron chi connectivity index (χ2n) is 5.08. The van der Waals surface area contributed by atoms with Gasteiger partial charge < -0.3 is 19.3 Å². The highest BCUT2D eigenvalue weighted by Gasteiger charge is 2.14. The molecule has 1 aliphatic heterocycles. The summed E-state index contributed by atoms with van der Waals surface area (Å²) in [6.45, 7) is 6.07. The van der Waals surface area contributed by atoms with E-state index < -0.39 is 0 Å². The molecule has 106 valence electrons. The Morgan fingerprint density at radius 1 is 1.15 bits per heavy atom. The Kier molecular flexibility index (Phi) is 3.60. The second kappa shape index (κ2) is 5.54. The fraction of sp³-hybridized carbons (Fsp3) is 0.400. The zero-order valence-electron chi connectivity index (χ0n) is 11.7. The van der Waals surface area contributed by atoms with Gasteiger partial charge in [0.15, 0.2) is 17.3 Å². The minimum Gasteiger partial charge on any atom is -0.486 e. The first-order chi connectivity index (χ1) is 9.72. The second-order valence-corrected chi connectivity index (χ2v) is 5.08. The maximum atomic E-state index is 5.57. The molecule has 2 aromatic rings. The third kappa shape index (κ3) is 2.77. The largest absolute Gasteiger partial charge is 0.486 e. The standard InChI is InChI=1S/C15H18N2O3/c1-10(2)16-9-12-8-14(20-17-12)11-3-4-13-15(7-11)19-6-5-18-13/h3-4,7-8,10,16H,5-6,9H2,1-2H3. The highest BCUT2D eigenvalue weighted by molar-refractivity contribution is 5.63. The van der Waals surface area contributed by atoms with Crippen molar-refractivity contribution in [3.05, 3.63) is 30.0 Å². The summed E-state index contributed by atoms with van der Waals surface area (Å²) in [5.41, 5.74) is 1.83. The van der Waals surface area contributed by atoms with E-state index in [1.54, 1.807) is 0 Å². The molecule has 1 aromatic heterocycles. The molecule has 2 heterocycles. The fourth-order valence-electron chi connectivity index (χ4n) is 2.04. The van der Waals surface area contributed by atoms with Gasteiger partial charge in [0.2, 0.25) is 0 Å². The van der Waals surface area contributed by atoms with Crippen LogP contribution in [0.2, 0.25) is 0 Å². The smallest absolute Gasteiger partial charge is 0.167 e. The lowest BCUT2D eigenvalue weighted by Crippen LogP contribution is -2.21. The monoisotopic (exact) mass is 274 g/mol. The first-order valence-electron chi connectivity index (χ1n) is 6.81. The number of rotatable bonds is 4. The summed E-state index contributed by atoms with van der Waals surface area (Å²) >= 11 is 0. The number of hydrogen-bond acceptors (Lipinski definition) is 5. The van der Waals surface area contributed by atoms with Crippen LogP contribution in [0.4, 0.5) is 0 Å². The van der Waals surface area contributed by atoms with E-state index in [4.69, 9.17) is 14.0 Å². The normalized spacial score (nSPS) is 13.8. The van der Waals surface area contributed by atoms with Crippen LogP contribution in [0.25, 0.3) is 11.3 Å². The highest BCUT2D eigenvalue weighted by atomic mass is 16.6. The van der Waals surface area contributed by atoms with Crippen LogP contribution in [0.5, 0.6) is 11.5 Å². The molecule has 5 heteroatoms. The maximum Gasteiger partial charge on any atom is 0.167 e. The van der Waals surface area contributed by atoms with E-state index in [9.17, 15) is 0 Å². The van der Waals surface area contributed by atoms with Gasteiger partial charge in [0, 0.05) is 24.2 Å². The molecule has 0 atom stereocenters. The molecule has 1 N–H and O–H groups in total. The predicted octanol–water partition coefficient (Wildman–Crippen LogP) is 2.61. The van der Waals surface area contributed by atoms with Crippen LogP contribution in [0.1, 0.15) is 19.5 Å². The van der Waals surface area contributed by atoms with Crippen molar-refractivity contribution in [3.8, 4) is 22.8 Å². The molecule has 0 unspecified atom stereocenters. The molecule has 5 nitrogen and oxygen atoms in total. The topological polar surface area (TPSA) is 56.5 Å². The van der Waals surface area contributed by atoms with Crippen LogP contribution >= 0.6 is 0 Å². The number of ether oxygens (including phenoxy) is 2. The van der Waals surface area contributed by atoms with Gasteiger partial charge in [-0.2, -0.15) is 0 Å².